The second-order valence-corrected chi connectivity index (χ2v) is 2.60. The third-order valence-corrected chi connectivity index (χ3v) is 1.33. The van der Waals surface area contributed by atoms with E-state index < -0.39 is 6.68 Å². The van der Waals surface area contributed by atoms with Crippen molar-refractivity contribution in [1.29, 1.82) is 0 Å². The van der Waals surface area contributed by atoms with Crippen LogP contribution in [0.2, 0.25) is 0 Å². The standard InChI is InChI=1S/C7H8S.CHF3/c1-6-2-4-7(8)5-3-6;2-1(3)4/h2-5,8H,1H3;1H. The van der Waals surface area contributed by atoms with E-state index in [0.717, 1.165) is 4.90 Å². The highest BCUT2D eigenvalue weighted by molar-refractivity contribution is 7.80. The highest BCUT2D eigenvalue weighted by Gasteiger charge is 1.86. The first-order chi connectivity index (χ1) is 5.52. The van der Waals surface area contributed by atoms with Crippen LogP contribution in [0.15, 0.2) is 29.2 Å². The molecular formula is C8H9F3S. The summed E-state index contributed by atoms with van der Waals surface area (Å²) in [6.45, 7) is -1.60. The summed E-state index contributed by atoms with van der Waals surface area (Å²) >= 11 is 4.13. The minimum atomic E-state index is -3.67. The molecule has 0 nitrogen and oxygen atoms in total. The second-order valence-electron chi connectivity index (χ2n) is 2.08. The molecule has 0 bridgehead atoms. The van der Waals surface area contributed by atoms with Crippen molar-refractivity contribution in [2.24, 2.45) is 0 Å². The molecule has 0 aliphatic rings. The molecule has 0 saturated carbocycles. The van der Waals surface area contributed by atoms with Crippen LogP contribution in [-0.4, -0.2) is 6.68 Å². The zero-order valence-electron chi connectivity index (χ0n) is 6.47. The number of halogens is 3. The summed E-state index contributed by atoms with van der Waals surface area (Å²) in [5, 5.41) is 0. The number of benzene rings is 1. The fourth-order valence-corrected chi connectivity index (χ4v) is 0.694. The Kier molecular flexibility index (Phi) is 5.62. The van der Waals surface area contributed by atoms with Gasteiger partial charge in [0.05, 0.1) is 0 Å². The minimum absolute atomic E-state index is 1.02. The highest BCUT2D eigenvalue weighted by atomic mass is 32.1. The zero-order chi connectivity index (χ0) is 9.56. The van der Waals surface area contributed by atoms with Crippen molar-refractivity contribution in [3.8, 4) is 0 Å². The van der Waals surface area contributed by atoms with E-state index in [-0.39, 0.29) is 0 Å². The van der Waals surface area contributed by atoms with E-state index in [1.54, 1.807) is 0 Å². The van der Waals surface area contributed by atoms with E-state index in [1.165, 1.54) is 5.56 Å². The predicted octanol–water partition coefficient (Wildman–Crippen LogP) is 3.46. The van der Waals surface area contributed by atoms with Gasteiger partial charge in [0.2, 0.25) is 0 Å². The van der Waals surface area contributed by atoms with Crippen LogP contribution in [-0.2, 0) is 0 Å². The monoisotopic (exact) mass is 194 g/mol. The molecule has 0 fully saturated rings. The summed E-state index contributed by atoms with van der Waals surface area (Å²) in [5.74, 6) is 0. The van der Waals surface area contributed by atoms with Gasteiger partial charge in [-0.3, -0.25) is 0 Å². The third kappa shape index (κ3) is 7.47. The van der Waals surface area contributed by atoms with Gasteiger partial charge in [0.1, 0.15) is 0 Å². The first kappa shape index (κ1) is 11.4. The molecule has 0 unspecified atom stereocenters. The van der Waals surface area contributed by atoms with Gasteiger partial charge in [0, 0.05) is 4.90 Å². The molecule has 4 heteroatoms. The van der Waals surface area contributed by atoms with E-state index in [1.807, 2.05) is 24.3 Å². The number of alkyl halides is 3. The van der Waals surface area contributed by atoms with Crippen molar-refractivity contribution in [3.63, 3.8) is 0 Å². The van der Waals surface area contributed by atoms with Crippen LogP contribution < -0.4 is 0 Å². The lowest BCUT2D eigenvalue weighted by Gasteiger charge is -1.89. The molecule has 0 amide bonds. The van der Waals surface area contributed by atoms with Gasteiger partial charge in [-0.1, -0.05) is 17.7 Å². The molecule has 0 aliphatic carbocycles. The van der Waals surface area contributed by atoms with Gasteiger partial charge >= 0.3 is 6.68 Å². The lowest BCUT2D eigenvalue weighted by atomic mass is 10.2. The molecule has 0 aliphatic heterocycles. The van der Waals surface area contributed by atoms with Gasteiger partial charge in [-0.2, -0.15) is 13.2 Å². The van der Waals surface area contributed by atoms with Crippen molar-refractivity contribution in [2.45, 2.75) is 18.5 Å². The molecule has 68 valence electrons. The van der Waals surface area contributed by atoms with Gasteiger partial charge in [-0.05, 0) is 19.1 Å². The minimum Gasteiger partial charge on any atom is -0.174 e. The molecule has 0 spiro atoms. The molecule has 1 aromatic carbocycles. The Morgan fingerprint density at radius 2 is 1.42 bits per heavy atom. The van der Waals surface area contributed by atoms with Gasteiger partial charge in [0.15, 0.2) is 0 Å². The molecule has 0 aromatic heterocycles. The average molecular weight is 194 g/mol. The molecule has 1 aromatic rings. The fourth-order valence-electron chi connectivity index (χ4n) is 0.545. The first-order valence-electron chi connectivity index (χ1n) is 3.20. The molecule has 0 N–H and O–H groups in total. The average Bonchev–Trinajstić information content (AvgIpc) is 1.94. The van der Waals surface area contributed by atoms with Gasteiger partial charge in [0.25, 0.3) is 0 Å². The molecule has 1 rings (SSSR count). The van der Waals surface area contributed by atoms with Crippen LogP contribution in [0.25, 0.3) is 0 Å². The lowest BCUT2D eigenvalue weighted by molar-refractivity contribution is 0.00819. The quantitative estimate of drug-likeness (QED) is 0.601. The highest BCUT2D eigenvalue weighted by Crippen LogP contribution is 2.05. The van der Waals surface area contributed by atoms with Crippen LogP contribution in [0, 0.1) is 6.92 Å². The molecule has 0 saturated heterocycles. The van der Waals surface area contributed by atoms with Crippen molar-refractivity contribution < 1.29 is 13.2 Å². The van der Waals surface area contributed by atoms with Crippen molar-refractivity contribution in [1.82, 2.24) is 0 Å². The van der Waals surface area contributed by atoms with Crippen LogP contribution >= 0.6 is 12.6 Å². The zero-order valence-corrected chi connectivity index (χ0v) is 7.36. The molecular weight excluding hydrogens is 185 g/mol. The number of hydrogen-bond acceptors (Lipinski definition) is 1. The number of aryl methyl sites for hydroxylation is 1. The van der Waals surface area contributed by atoms with Crippen LogP contribution in [0.3, 0.4) is 0 Å². The van der Waals surface area contributed by atoms with Gasteiger partial charge < -0.3 is 0 Å². The largest absolute Gasteiger partial charge is 0.379 e. The summed E-state index contributed by atoms with van der Waals surface area (Å²) < 4.78 is 29.0. The maximum absolute atomic E-state index is 9.67. The Bertz CT molecular complexity index is 184. The van der Waals surface area contributed by atoms with Gasteiger partial charge in [-0.15, -0.1) is 12.6 Å². The van der Waals surface area contributed by atoms with E-state index >= 15 is 0 Å². The van der Waals surface area contributed by atoms with E-state index in [2.05, 4.69) is 19.6 Å². The number of hydrogen-bond donors (Lipinski definition) is 1. The van der Waals surface area contributed by atoms with Crippen LogP contribution in [0.4, 0.5) is 13.2 Å². The van der Waals surface area contributed by atoms with Crippen molar-refractivity contribution in [3.05, 3.63) is 29.8 Å². The Balaban J connectivity index is 0.000000261. The molecule has 12 heavy (non-hydrogen) atoms. The van der Waals surface area contributed by atoms with Crippen molar-refractivity contribution >= 4 is 12.6 Å². The fraction of sp³-hybridized carbons (Fsp3) is 0.250. The Labute approximate surface area is 74.8 Å². The topological polar surface area (TPSA) is 0 Å². The normalized spacial score (nSPS) is 9.17. The lowest BCUT2D eigenvalue weighted by Crippen LogP contribution is -1.67. The van der Waals surface area contributed by atoms with E-state index in [4.69, 9.17) is 0 Å². The Morgan fingerprint density at radius 3 is 1.67 bits per heavy atom. The smallest absolute Gasteiger partial charge is 0.174 e. The molecule has 0 radical (unpaired) electrons. The van der Waals surface area contributed by atoms with E-state index in [9.17, 15) is 13.2 Å². The summed E-state index contributed by atoms with van der Waals surface area (Å²) in [4.78, 5) is 1.02. The SMILES string of the molecule is Cc1ccc(S)cc1.FC(F)F. The Hall–Kier alpha value is -0.640. The predicted molar refractivity (Wildman–Crippen MR) is 45.5 cm³/mol. The molecule has 0 heterocycles. The summed E-state index contributed by atoms with van der Waals surface area (Å²) in [5.41, 5.74) is 1.28. The second kappa shape index (κ2) is 5.94. The maximum atomic E-state index is 9.67. The van der Waals surface area contributed by atoms with Gasteiger partial charge in [-0.25, -0.2) is 0 Å². The Morgan fingerprint density at radius 1 is 1.08 bits per heavy atom. The summed E-state index contributed by atoms with van der Waals surface area (Å²) in [6, 6.07) is 8.06. The number of thiol groups is 1. The van der Waals surface area contributed by atoms with Crippen LogP contribution in [0.5, 0.6) is 0 Å². The van der Waals surface area contributed by atoms with Crippen molar-refractivity contribution in [2.75, 3.05) is 0 Å². The van der Waals surface area contributed by atoms with Crippen LogP contribution in [0.1, 0.15) is 5.56 Å². The van der Waals surface area contributed by atoms with E-state index in [0.29, 0.717) is 0 Å². The summed E-state index contributed by atoms with van der Waals surface area (Å²) in [6.07, 6.45) is 0. The maximum Gasteiger partial charge on any atom is 0.379 e. The number of rotatable bonds is 0. The first-order valence-corrected chi connectivity index (χ1v) is 3.65. The third-order valence-electron chi connectivity index (χ3n) is 1.03. The summed E-state index contributed by atoms with van der Waals surface area (Å²) in [7, 11) is 0. The molecule has 0 atom stereocenters.